The van der Waals surface area contributed by atoms with Gasteiger partial charge in [0.2, 0.25) is 0 Å². The summed E-state index contributed by atoms with van der Waals surface area (Å²) in [7, 11) is 0. The van der Waals surface area contributed by atoms with Gasteiger partial charge in [-0.1, -0.05) is 34.1 Å². The number of ether oxygens (including phenoxy) is 1. The molecule has 0 saturated carbocycles. The molecule has 3 aliphatic rings. The van der Waals surface area contributed by atoms with Crippen LogP contribution in [-0.2, 0) is 4.74 Å². The van der Waals surface area contributed by atoms with Crippen LogP contribution in [0.4, 0.5) is 5.69 Å². The largest absolute Gasteiger partial charge is 0.364 e. The summed E-state index contributed by atoms with van der Waals surface area (Å²) < 4.78 is 6.90. The van der Waals surface area contributed by atoms with Crippen LogP contribution in [0.1, 0.15) is 39.9 Å². The smallest absolute Gasteiger partial charge is 0.258 e. The van der Waals surface area contributed by atoms with Crippen molar-refractivity contribution in [3.8, 4) is 0 Å². The Bertz CT molecular complexity index is 789. The molecule has 110 valence electrons. The van der Waals surface area contributed by atoms with Crippen LogP contribution in [-0.4, -0.2) is 18.6 Å². The number of carbonyl (C=O) groups is 1. The molecule has 5 rings (SSSR count). The molecule has 0 N–H and O–H groups in total. The van der Waals surface area contributed by atoms with E-state index in [1.54, 1.807) is 0 Å². The summed E-state index contributed by atoms with van der Waals surface area (Å²) >= 11 is 3.66. The minimum atomic E-state index is 0.0918. The SMILES string of the molecule is O=C(c1ccccc1)N1C[C@H]2C[C@H]3O[C@H]3c3c(Br)ccc1c32. The van der Waals surface area contributed by atoms with Gasteiger partial charge in [-0.25, -0.2) is 0 Å². The molecule has 2 aliphatic heterocycles. The first-order valence-electron chi connectivity index (χ1n) is 7.58. The number of hydrogen-bond acceptors (Lipinski definition) is 2. The monoisotopic (exact) mass is 355 g/mol. The first kappa shape index (κ1) is 12.9. The predicted octanol–water partition coefficient (Wildman–Crippen LogP) is 4.04. The Balaban J connectivity index is 1.62. The van der Waals surface area contributed by atoms with Crippen molar-refractivity contribution in [1.29, 1.82) is 0 Å². The van der Waals surface area contributed by atoms with Gasteiger partial charge in [-0.15, -0.1) is 0 Å². The number of halogens is 1. The Labute approximate surface area is 137 Å². The van der Waals surface area contributed by atoms with Crippen LogP contribution in [0, 0.1) is 0 Å². The molecule has 0 bridgehead atoms. The molecule has 2 heterocycles. The molecule has 0 spiro atoms. The van der Waals surface area contributed by atoms with Crippen molar-refractivity contribution in [2.45, 2.75) is 24.5 Å². The zero-order valence-electron chi connectivity index (χ0n) is 11.8. The van der Waals surface area contributed by atoms with Gasteiger partial charge in [-0.3, -0.25) is 4.79 Å². The van der Waals surface area contributed by atoms with Gasteiger partial charge in [-0.2, -0.15) is 0 Å². The Morgan fingerprint density at radius 3 is 2.77 bits per heavy atom. The van der Waals surface area contributed by atoms with Gasteiger partial charge in [0.25, 0.3) is 5.91 Å². The molecule has 2 aromatic rings. The van der Waals surface area contributed by atoms with E-state index in [2.05, 4.69) is 22.0 Å². The number of anilines is 1. The van der Waals surface area contributed by atoms with Gasteiger partial charge < -0.3 is 9.64 Å². The molecule has 1 saturated heterocycles. The minimum absolute atomic E-state index is 0.0918. The number of benzene rings is 2. The highest BCUT2D eigenvalue weighted by Crippen LogP contribution is 2.58. The highest BCUT2D eigenvalue weighted by Gasteiger charge is 2.52. The maximum absolute atomic E-state index is 12.9. The van der Waals surface area contributed by atoms with Gasteiger partial charge in [0.15, 0.2) is 0 Å². The van der Waals surface area contributed by atoms with Gasteiger partial charge in [0.1, 0.15) is 6.10 Å². The fourth-order valence-corrected chi connectivity index (χ4v) is 4.51. The standard InChI is InChI=1S/C18H14BrNO2/c19-12-6-7-13-15-11(8-14-17(22-14)16(12)15)9-20(13)18(21)10-4-2-1-3-5-10/h1-7,11,14,17H,8-9H2/t11-,14-,17-/m1/s1. The molecule has 1 amide bonds. The average Bonchev–Trinajstić information content (AvgIpc) is 3.23. The van der Waals surface area contributed by atoms with Gasteiger partial charge in [-0.05, 0) is 36.2 Å². The highest BCUT2D eigenvalue weighted by atomic mass is 79.9. The fraction of sp³-hybridized carbons (Fsp3) is 0.278. The van der Waals surface area contributed by atoms with Crippen molar-refractivity contribution in [1.82, 2.24) is 0 Å². The second-order valence-electron chi connectivity index (χ2n) is 6.20. The zero-order valence-corrected chi connectivity index (χ0v) is 13.4. The highest BCUT2D eigenvalue weighted by molar-refractivity contribution is 9.10. The number of epoxide rings is 1. The number of amides is 1. The third-order valence-corrected chi connectivity index (χ3v) is 5.65. The molecule has 2 aromatic carbocycles. The van der Waals surface area contributed by atoms with Crippen LogP contribution in [0.15, 0.2) is 46.9 Å². The van der Waals surface area contributed by atoms with Crippen LogP contribution >= 0.6 is 15.9 Å². The number of carbonyl (C=O) groups excluding carboxylic acids is 1. The first-order chi connectivity index (χ1) is 10.7. The number of nitrogens with zero attached hydrogens (tertiary/aromatic N) is 1. The topological polar surface area (TPSA) is 32.8 Å². The maximum Gasteiger partial charge on any atom is 0.258 e. The molecule has 22 heavy (non-hydrogen) atoms. The molecule has 0 aromatic heterocycles. The van der Waals surface area contributed by atoms with E-state index in [1.165, 1.54) is 11.1 Å². The van der Waals surface area contributed by atoms with Gasteiger partial charge in [0.05, 0.1) is 6.10 Å². The van der Waals surface area contributed by atoms with Crippen molar-refractivity contribution in [2.75, 3.05) is 11.4 Å². The summed E-state index contributed by atoms with van der Waals surface area (Å²) in [5, 5.41) is 0. The molecule has 3 atom stereocenters. The van der Waals surface area contributed by atoms with E-state index in [0.29, 0.717) is 12.0 Å². The van der Waals surface area contributed by atoms with E-state index < -0.39 is 0 Å². The van der Waals surface area contributed by atoms with Crippen molar-refractivity contribution < 1.29 is 9.53 Å². The van der Waals surface area contributed by atoms with E-state index >= 15 is 0 Å². The summed E-state index contributed by atoms with van der Waals surface area (Å²) in [4.78, 5) is 14.8. The summed E-state index contributed by atoms with van der Waals surface area (Å²) in [5.74, 6) is 0.494. The summed E-state index contributed by atoms with van der Waals surface area (Å²) in [6, 6.07) is 13.6. The third kappa shape index (κ3) is 1.68. The molecular formula is C18H14BrNO2. The fourth-order valence-electron chi connectivity index (χ4n) is 3.94. The van der Waals surface area contributed by atoms with Gasteiger partial charge in [0, 0.05) is 33.7 Å². The Morgan fingerprint density at radius 2 is 1.95 bits per heavy atom. The van der Waals surface area contributed by atoms with E-state index in [9.17, 15) is 4.79 Å². The van der Waals surface area contributed by atoms with E-state index in [4.69, 9.17) is 4.74 Å². The zero-order chi connectivity index (χ0) is 14.8. The number of rotatable bonds is 1. The third-order valence-electron chi connectivity index (χ3n) is 4.96. The van der Waals surface area contributed by atoms with Crippen molar-refractivity contribution in [3.05, 3.63) is 63.6 Å². The molecular weight excluding hydrogens is 342 g/mol. The predicted molar refractivity (Wildman–Crippen MR) is 87.2 cm³/mol. The van der Waals surface area contributed by atoms with Crippen molar-refractivity contribution >= 4 is 27.5 Å². The molecule has 0 unspecified atom stereocenters. The molecule has 0 radical (unpaired) electrons. The van der Waals surface area contributed by atoms with Crippen LogP contribution < -0.4 is 4.90 Å². The second kappa shape index (κ2) is 4.43. The Hall–Kier alpha value is -1.65. The first-order valence-corrected chi connectivity index (χ1v) is 8.38. The normalized spacial score (nSPS) is 27.3. The lowest BCUT2D eigenvalue weighted by Crippen LogP contribution is -2.30. The molecule has 1 fully saturated rings. The molecule has 3 nitrogen and oxygen atoms in total. The van der Waals surface area contributed by atoms with Gasteiger partial charge >= 0.3 is 0 Å². The number of hydrogen-bond donors (Lipinski definition) is 0. The average molecular weight is 356 g/mol. The van der Waals surface area contributed by atoms with Crippen LogP contribution in [0.3, 0.4) is 0 Å². The summed E-state index contributed by atoms with van der Waals surface area (Å²) in [5.41, 5.74) is 4.39. The van der Waals surface area contributed by atoms with Crippen molar-refractivity contribution in [2.24, 2.45) is 0 Å². The quantitative estimate of drug-likeness (QED) is 0.723. The maximum atomic E-state index is 12.9. The minimum Gasteiger partial charge on any atom is -0.364 e. The molecule has 1 aliphatic carbocycles. The van der Waals surface area contributed by atoms with Crippen LogP contribution in [0.2, 0.25) is 0 Å². The van der Waals surface area contributed by atoms with E-state index in [-0.39, 0.29) is 12.0 Å². The van der Waals surface area contributed by atoms with Crippen molar-refractivity contribution in [3.63, 3.8) is 0 Å². The Kier molecular flexibility index (Phi) is 2.59. The summed E-state index contributed by atoms with van der Waals surface area (Å²) in [6.07, 6.45) is 1.60. The molecule has 4 heteroatoms. The lowest BCUT2D eigenvalue weighted by atomic mass is 9.84. The lowest BCUT2D eigenvalue weighted by molar-refractivity contribution is 0.0987. The van der Waals surface area contributed by atoms with Crippen LogP contribution in [0.25, 0.3) is 0 Å². The number of fused-ring (bicyclic) bond motifs is 2. The van der Waals surface area contributed by atoms with E-state index in [1.807, 2.05) is 41.3 Å². The van der Waals surface area contributed by atoms with Crippen LogP contribution in [0.5, 0.6) is 0 Å². The lowest BCUT2D eigenvalue weighted by Gasteiger charge is -2.18. The van der Waals surface area contributed by atoms with E-state index in [0.717, 1.165) is 28.7 Å². The Morgan fingerprint density at radius 1 is 1.14 bits per heavy atom. The summed E-state index contributed by atoms with van der Waals surface area (Å²) in [6.45, 7) is 0.763. The second-order valence-corrected chi connectivity index (χ2v) is 7.06.